The Hall–Kier alpha value is -0.740. The number of anilines is 1. The molecule has 1 saturated heterocycles. The summed E-state index contributed by atoms with van der Waals surface area (Å²) in [6.07, 6.45) is 4.16. The van der Waals surface area contributed by atoms with Crippen molar-refractivity contribution >= 4 is 17.4 Å². The van der Waals surface area contributed by atoms with E-state index in [-0.39, 0.29) is 6.04 Å². The van der Waals surface area contributed by atoms with Crippen LogP contribution in [-0.2, 0) is 0 Å². The fraction of sp³-hybridized carbons (Fsp3) is 0.615. The molecule has 0 amide bonds. The van der Waals surface area contributed by atoms with Crippen LogP contribution < -0.4 is 10.6 Å². The van der Waals surface area contributed by atoms with Crippen LogP contribution in [0, 0.1) is 0 Å². The molecule has 1 aliphatic heterocycles. The maximum atomic E-state index is 5.96. The summed E-state index contributed by atoms with van der Waals surface area (Å²) in [6.45, 7) is 2.09. The maximum absolute atomic E-state index is 5.96. The third kappa shape index (κ3) is 2.93. The third-order valence-electron chi connectivity index (χ3n) is 3.45. The molecule has 0 saturated carbocycles. The molecule has 4 heteroatoms. The number of pyridine rings is 1. The molecule has 1 aliphatic rings. The molecule has 17 heavy (non-hydrogen) atoms. The smallest absolute Gasteiger partial charge is 0.0572 e. The average molecular weight is 251 g/mol. The molecule has 1 aromatic heterocycles. The first-order valence-corrected chi connectivity index (χ1v) is 7.40. The van der Waals surface area contributed by atoms with Gasteiger partial charge in [-0.3, -0.25) is 4.98 Å². The summed E-state index contributed by atoms with van der Waals surface area (Å²) >= 11 is 2.03. The van der Waals surface area contributed by atoms with Crippen LogP contribution in [0.3, 0.4) is 0 Å². The van der Waals surface area contributed by atoms with Crippen LogP contribution in [0.4, 0.5) is 5.69 Å². The summed E-state index contributed by atoms with van der Waals surface area (Å²) in [6, 6.07) is 4.92. The first-order valence-electron chi connectivity index (χ1n) is 6.24. The van der Waals surface area contributed by atoms with Crippen molar-refractivity contribution in [3.8, 4) is 0 Å². The SMILES string of the molecule is CCC(N)c1ccc(N(C)C2CCSC2)cn1. The number of rotatable bonds is 4. The summed E-state index contributed by atoms with van der Waals surface area (Å²) < 4.78 is 0. The van der Waals surface area contributed by atoms with E-state index in [9.17, 15) is 0 Å². The molecule has 1 aromatic rings. The Morgan fingerprint density at radius 3 is 2.94 bits per heavy atom. The Labute approximate surface area is 108 Å². The predicted octanol–water partition coefficient (Wildman–Crippen LogP) is 2.43. The first-order chi connectivity index (χ1) is 8.22. The van der Waals surface area contributed by atoms with Gasteiger partial charge in [-0.25, -0.2) is 0 Å². The zero-order valence-corrected chi connectivity index (χ0v) is 11.4. The highest BCUT2D eigenvalue weighted by molar-refractivity contribution is 7.99. The largest absolute Gasteiger partial charge is 0.370 e. The van der Waals surface area contributed by atoms with Gasteiger partial charge in [0.2, 0.25) is 0 Å². The van der Waals surface area contributed by atoms with Gasteiger partial charge in [0.1, 0.15) is 0 Å². The Balaban J connectivity index is 2.06. The fourth-order valence-corrected chi connectivity index (χ4v) is 3.34. The molecule has 2 atom stereocenters. The lowest BCUT2D eigenvalue weighted by Gasteiger charge is -2.25. The van der Waals surface area contributed by atoms with Gasteiger partial charge in [0, 0.05) is 24.9 Å². The minimum absolute atomic E-state index is 0.0661. The van der Waals surface area contributed by atoms with Crippen LogP contribution in [0.1, 0.15) is 31.5 Å². The number of hydrogen-bond donors (Lipinski definition) is 1. The van der Waals surface area contributed by atoms with Crippen molar-refractivity contribution in [1.82, 2.24) is 4.98 Å². The van der Waals surface area contributed by atoms with E-state index in [0.29, 0.717) is 6.04 Å². The van der Waals surface area contributed by atoms with E-state index in [4.69, 9.17) is 5.73 Å². The summed E-state index contributed by atoms with van der Waals surface area (Å²) in [5, 5.41) is 0. The molecule has 0 bridgehead atoms. The summed E-state index contributed by atoms with van der Waals surface area (Å²) in [7, 11) is 2.16. The van der Waals surface area contributed by atoms with E-state index in [1.807, 2.05) is 18.0 Å². The fourth-order valence-electron chi connectivity index (χ4n) is 2.07. The van der Waals surface area contributed by atoms with Gasteiger partial charge in [0.05, 0.1) is 17.6 Å². The van der Waals surface area contributed by atoms with Gasteiger partial charge in [-0.2, -0.15) is 11.8 Å². The summed E-state index contributed by atoms with van der Waals surface area (Å²) in [5.41, 5.74) is 8.15. The van der Waals surface area contributed by atoms with E-state index in [1.54, 1.807) is 0 Å². The number of aromatic nitrogens is 1. The lowest BCUT2D eigenvalue weighted by Crippen LogP contribution is -2.31. The molecule has 0 spiro atoms. The van der Waals surface area contributed by atoms with Crippen LogP contribution in [0.5, 0.6) is 0 Å². The van der Waals surface area contributed by atoms with E-state index in [0.717, 1.165) is 12.1 Å². The topological polar surface area (TPSA) is 42.1 Å². The highest BCUT2D eigenvalue weighted by Crippen LogP contribution is 2.25. The maximum Gasteiger partial charge on any atom is 0.0572 e. The quantitative estimate of drug-likeness (QED) is 0.892. The first kappa shape index (κ1) is 12.7. The molecule has 1 fully saturated rings. The van der Waals surface area contributed by atoms with E-state index in [2.05, 4.69) is 36.0 Å². The molecule has 2 unspecified atom stereocenters. The van der Waals surface area contributed by atoms with Gasteiger partial charge in [-0.1, -0.05) is 6.92 Å². The van der Waals surface area contributed by atoms with Gasteiger partial charge in [-0.05, 0) is 30.7 Å². The van der Waals surface area contributed by atoms with Gasteiger partial charge in [-0.15, -0.1) is 0 Å². The lowest BCUT2D eigenvalue weighted by molar-refractivity contribution is 0.670. The number of nitrogens with two attached hydrogens (primary N) is 1. The van der Waals surface area contributed by atoms with Crippen LogP contribution in [-0.4, -0.2) is 29.6 Å². The Bertz CT molecular complexity index is 346. The average Bonchev–Trinajstić information content (AvgIpc) is 2.91. The molecule has 2 rings (SSSR count). The van der Waals surface area contributed by atoms with Crippen molar-refractivity contribution in [1.29, 1.82) is 0 Å². The summed E-state index contributed by atoms with van der Waals surface area (Å²) in [4.78, 5) is 6.81. The molecule has 94 valence electrons. The van der Waals surface area contributed by atoms with Gasteiger partial charge >= 0.3 is 0 Å². The highest BCUT2D eigenvalue weighted by Gasteiger charge is 2.20. The molecule has 0 aromatic carbocycles. The van der Waals surface area contributed by atoms with Gasteiger partial charge in [0.15, 0.2) is 0 Å². The minimum Gasteiger partial charge on any atom is -0.370 e. The second-order valence-corrected chi connectivity index (χ2v) is 5.73. The molecule has 2 heterocycles. The molecule has 0 aliphatic carbocycles. The molecular weight excluding hydrogens is 230 g/mol. The second kappa shape index (κ2) is 5.74. The Kier molecular flexibility index (Phi) is 4.29. The van der Waals surface area contributed by atoms with Gasteiger partial charge in [0.25, 0.3) is 0 Å². The predicted molar refractivity (Wildman–Crippen MR) is 75.6 cm³/mol. The zero-order valence-electron chi connectivity index (χ0n) is 10.6. The second-order valence-electron chi connectivity index (χ2n) is 4.58. The van der Waals surface area contributed by atoms with Gasteiger partial charge < -0.3 is 10.6 Å². The van der Waals surface area contributed by atoms with Crippen LogP contribution in [0.2, 0.25) is 0 Å². The van der Waals surface area contributed by atoms with Crippen molar-refractivity contribution in [2.45, 2.75) is 31.8 Å². The zero-order chi connectivity index (χ0) is 12.3. The van der Waals surface area contributed by atoms with E-state index in [1.165, 1.54) is 23.6 Å². The van der Waals surface area contributed by atoms with E-state index < -0.39 is 0 Å². The lowest BCUT2D eigenvalue weighted by atomic mass is 10.1. The molecule has 3 nitrogen and oxygen atoms in total. The normalized spacial score (nSPS) is 21.5. The third-order valence-corrected chi connectivity index (χ3v) is 4.60. The van der Waals surface area contributed by atoms with Crippen LogP contribution >= 0.6 is 11.8 Å². The summed E-state index contributed by atoms with van der Waals surface area (Å²) in [5.74, 6) is 2.51. The van der Waals surface area contributed by atoms with Crippen LogP contribution in [0.25, 0.3) is 0 Å². The molecular formula is C13H21N3S. The van der Waals surface area contributed by atoms with Crippen molar-refractivity contribution in [2.24, 2.45) is 5.73 Å². The van der Waals surface area contributed by atoms with E-state index >= 15 is 0 Å². The van der Waals surface area contributed by atoms with Crippen LogP contribution in [0.15, 0.2) is 18.3 Å². The number of thioether (sulfide) groups is 1. The monoisotopic (exact) mass is 251 g/mol. The molecule has 2 N–H and O–H groups in total. The van der Waals surface area contributed by atoms with Crippen molar-refractivity contribution < 1.29 is 0 Å². The number of nitrogens with zero attached hydrogens (tertiary/aromatic N) is 2. The Morgan fingerprint density at radius 1 is 1.59 bits per heavy atom. The van der Waals surface area contributed by atoms with Crippen molar-refractivity contribution in [3.05, 3.63) is 24.0 Å². The highest BCUT2D eigenvalue weighted by atomic mass is 32.2. The number of hydrogen-bond acceptors (Lipinski definition) is 4. The Morgan fingerprint density at radius 2 is 2.41 bits per heavy atom. The molecule has 0 radical (unpaired) electrons. The minimum atomic E-state index is 0.0661. The standard InChI is InChI=1S/C13H21N3S/c1-3-12(14)13-5-4-10(8-15-13)16(2)11-6-7-17-9-11/h4-5,8,11-12H,3,6-7,9,14H2,1-2H3. The van der Waals surface area contributed by atoms with Crippen molar-refractivity contribution in [2.75, 3.05) is 23.5 Å². The van der Waals surface area contributed by atoms with Crippen molar-refractivity contribution in [3.63, 3.8) is 0 Å².